The molecule has 0 bridgehead atoms. The summed E-state index contributed by atoms with van der Waals surface area (Å²) in [5.74, 6) is 0.679. The molecule has 0 radical (unpaired) electrons. The van der Waals surface area contributed by atoms with Crippen molar-refractivity contribution >= 4 is 17.0 Å². The van der Waals surface area contributed by atoms with E-state index < -0.39 is 0 Å². The fraction of sp³-hybridized carbons (Fsp3) is 0.471. The van der Waals surface area contributed by atoms with Crippen LogP contribution in [0.5, 0.6) is 0 Å². The third kappa shape index (κ3) is 3.44. The van der Waals surface area contributed by atoms with Gasteiger partial charge in [0.05, 0.1) is 11.9 Å². The standard InChI is InChI=1S/C17H23N3S/c1-13(2)9-19-10-14-3-6-18-11-16(14)20-7-4-17-15(12-20)5-8-21-17/h3,5-6,8,11,13,19H,4,7,9-10,12H2,1-2H3. The number of anilines is 1. The number of hydrogen-bond acceptors (Lipinski definition) is 4. The predicted molar refractivity (Wildman–Crippen MR) is 89.9 cm³/mol. The maximum absolute atomic E-state index is 4.34. The van der Waals surface area contributed by atoms with E-state index in [1.54, 1.807) is 4.88 Å². The van der Waals surface area contributed by atoms with Gasteiger partial charge in [-0.25, -0.2) is 0 Å². The van der Waals surface area contributed by atoms with Crippen LogP contribution in [0.2, 0.25) is 0 Å². The molecule has 2 aromatic heterocycles. The van der Waals surface area contributed by atoms with Crippen LogP contribution in [0.25, 0.3) is 0 Å². The van der Waals surface area contributed by atoms with Gasteiger partial charge < -0.3 is 10.2 Å². The van der Waals surface area contributed by atoms with Crippen molar-refractivity contribution in [1.82, 2.24) is 10.3 Å². The van der Waals surface area contributed by atoms with Gasteiger partial charge in [0, 0.05) is 30.7 Å². The van der Waals surface area contributed by atoms with Crippen molar-refractivity contribution in [2.24, 2.45) is 5.92 Å². The summed E-state index contributed by atoms with van der Waals surface area (Å²) in [6.45, 7) is 8.56. The van der Waals surface area contributed by atoms with E-state index in [-0.39, 0.29) is 0 Å². The van der Waals surface area contributed by atoms with E-state index in [4.69, 9.17) is 0 Å². The average molecular weight is 301 g/mol. The molecule has 0 atom stereocenters. The molecule has 0 spiro atoms. The van der Waals surface area contributed by atoms with Crippen molar-refractivity contribution in [3.8, 4) is 0 Å². The molecule has 0 saturated heterocycles. The van der Waals surface area contributed by atoms with Gasteiger partial charge in [0.2, 0.25) is 0 Å². The number of nitrogens with zero attached hydrogens (tertiary/aromatic N) is 2. The molecule has 3 heterocycles. The first-order valence-electron chi connectivity index (χ1n) is 7.68. The normalized spacial score (nSPS) is 14.5. The van der Waals surface area contributed by atoms with Gasteiger partial charge in [-0.1, -0.05) is 13.8 Å². The van der Waals surface area contributed by atoms with E-state index in [1.807, 2.05) is 23.7 Å². The second-order valence-electron chi connectivity index (χ2n) is 6.07. The Morgan fingerprint density at radius 1 is 1.38 bits per heavy atom. The first-order chi connectivity index (χ1) is 10.2. The van der Waals surface area contributed by atoms with Crippen LogP contribution in [0.3, 0.4) is 0 Å². The fourth-order valence-electron chi connectivity index (χ4n) is 2.80. The zero-order valence-corrected chi connectivity index (χ0v) is 13.6. The Hall–Kier alpha value is -1.39. The van der Waals surface area contributed by atoms with Gasteiger partial charge in [0.15, 0.2) is 0 Å². The number of fused-ring (bicyclic) bond motifs is 1. The Morgan fingerprint density at radius 3 is 3.14 bits per heavy atom. The lowest BCUT2D eigenvalue weighted by molar-refractivity contribution is 0.551. The summed E-state index contributed by atoms with van der Waals surface area (Å²) in [7, 11) is 0. The Kier molecular flexibility index (Phi) is 4.56. The summed E-state index contributed by atoms with van der Waals surface area (Å²) >= 11 is 1.89. The molecule has 0 unspecified atom stereocenters. The molecule has 1 aliphatic heterocycles. The van der Waals surface area contributed by atoms with Gasteiger partial charge in [0.25, 0.3) is 0 Å². The molecule has 0 aliphatic carbocycles. The largest absolute Gasteiger partial charge is 0.365 e. The van der Waals surface area contributed by atoms with E-state index in [0.29, 0.717) is 5.92 Å². The van der Waals surface area contributed by atoms with Crippen molar-refractivity contribution < 1.29 is 0 Å². The minimum Gasteiger partial charge on any atom is -0.365 e. The second-order valence-corrected chi connectivity index (χ2v) is 7.07. The predicted octanol–water partition coefficient (Wildman–Crippen LogP) is 3.45. The molecule has 21 heavy (non-hydrogen) atoms. The Balaban J connectivity index is 1.73. The highest BCUT2D eigenvalue weighted by atomic mass is 32.1. The molecule has 1 N–H and O–H groups in total. The minimum absolute atomic E-state index is 0.679. The third-order valence-electron chi connectivity index (χ3n) is 3.90. The van der Waals surface area contributed by atoms with Gasteiger partial charge in [-0.05, 0) is 47.5 Å². The van der Waals surface area contributed by atoms with Gasteiger partial charge in [0.1, 0.15) is 0 Å². The molecule has 0 amide bonds. The van der Waals surface area contributed by atoms with Crippen LogP contribution in [0.15, 0.2) is 29.9 Å². The average Bonchev–Trinajstić information content (AvgIpc) is 2.95. The number of hydrogen-bond donors (Lipinski definition) is 1. The lowest BCUT2D eigenvalue weighted by atomic mass is 10.1. The molecule has 0 saturated carbocycles. The summed E-state index contributed by atoms with van der Waals surface area (Å²) in [5.41, 5.74) is 4.12. The van der Waals surface area contributed by atoms with E-state index in [1.165, 1.54) is 16.8 Å². The van der Waals surface area contributed by atoms with Crippen molar-refractivity contribution in [2.45, 2.75) is 33.4 Å². The lowest BCUT2D eigenvalue weighted by Gasteiger charge is -2.30. The molecule has 4 heteroatoms. The van der Waals surface area contributed by atoms with E-state index >= 15 is 0 Å². The molecule has 2 aromatic rings. The number of rotatable bonds is 5. The summed E-state index contributed by atoms with van der Waals surface area (Å²) < 4.78 is 0. The monoisotopic (exact) mass is 301 g/mol. The molecular formula is C17H23N3S. The van der Waals surface area contributed by atoms with E-state index in [0.717, 1.165) is 32.6 Å². The first kappa shape index (κ1) is 14.5. The second kappa shape index (κ2) is 6.58. The van der Waals surface area contributed by atoms with Crippen molar-refractivity contribution in [1.29, 1.82) is 0 Å². The first-order valence-corrected chi connectivity index (χ1v) is 8.56. The van der Waals surface area contributed by atoms with E-state index in [9.17, 15) is 0 Å². The quantitative estimate of drug-likeness (QED) is 0.917. The van der Waals surface area contributed by atoms with Gasteiger partial charge in [-0.2, -0.15) is 0 Å². The summed E-state index contributed by atoms with van der Waals surface area (Å²) in [6.07, 6.45) is 5.07. The Morgan fingerprint density at radius 2 is 2.29 bits per heavy atom. The number of thiophene rings is 1. The lowest BCUT2D eigenvalue weighted by Crippen LogP contribution is -2.31. The maximum Gasteiger partial charge on any atom is 0.0601 e. The molecule has 3 rings (SSSR count). The third-order valence-corrected chi connectivity index (χ3v) is 4.93. The summed E-state index contributed by atoms with van der Waals surface area (Å²) in [5, 5.41) is 5.75. The minimum atomic E-state index is 0.679. The zero-order valence-electron chi connectivity index (χ0n) is 12.8. The van der Waals surface area contributed by atoms with Crippen LogP contribution in [0.4, 0.5) is 5.69 Å². The van der Waals surface area contributed by atoms with Crippen LogP contribution >= 0.6 is 11.3 Å². The van der Waals surface area contributed by atoms with Gasteiger partial charge in [-0.3, -0.25) is 4.98 Å². The molecule has 3 nitrogen and oxygen atoms in total. The Labute approximate surface area is 131 Å². The number of pyridine rings is 1. The van der Waals surface area contributed by atoms with Crippen molar-refractivity contribution in [2.75, 3.05) is 18.0 Å². The number of nitrogens with one attached hydrogen (secondary N) is 1. The van der Waals surface area contributed by atoms with Crippen LogP contribution in [0, 0.1) is 5.92 Å². The van der Waals surface area contributed by atoms with E-state index in [2.05, 4.69) is 46.6 Å². The molecule has 1 aliphatic rings. The molecule has 112 valence electrons. The van der Waals surface area contributed by atoms with Crippen molar-refractivity contribution in [3.05, 3.63) is 45.9 Å². The molecule has 0 fully saturated rings. The fourth-order valence-corrected chi connectivity index (χ4v) is 3.69. The SMILES string of the molecule is CC(C)CNCc1ccncc1N1CCc2sccc2C1. The van der Waals surface area contributed by atoms with Crippen LogP contribution in [0.1, 0.15) is 29.9 Å². The van der Waals surface area contributed by atoms with Crippen LogP contribution in [-0.2, 0) is 19.5 Å². The van der Waals surface area contributed by atoms with Gasteiger partial charge in [-0.15, -0.1) is 11.3 Å². The zero-order chi connectivity index (χ0) is 14.7. The summed E-state index contributed by atoms with van der Waals surface area (Å²) in [6, 6.07) is 4.41. The van der Waals surface area contributed by atoms with Gasteiger partial charge >= 0.3 is 0 Å². The van der Waals surface area contributed by atoms with Crippen molar-refractivity contribution in [3.63, 3.8) is 0 Å². The maximum atomic E-state index is 4.34. The molecule has 0 aromatic carbocycles. The molecular weight excluding hydrogens is 278 g/mol. The number of aromatic nitrogens is 1. The smallest absolute Gasteiger partial charge is 0.0601 e. The summed E-state index contributed by atoms with van der Waals surface area (Å²) in [4.78, 5) is 8.36. The highest BCUT2D eigenvalue weighted by Crippen LogP contribution is 2.29. The van der Waals surface area contributed by atoms with Crippen LogP contribution in [-0.4, -0.2) is 18.1 Å². The van der Waals surface area contributed by atoms with Crippen LogP contribution < -0.4 is 10.2 Å². The highest BCUT2D eigenvalue weighted by molar-refractivity contribution is 7.10. The topological polar surface area (TPSA) is 28.2 Å². The highest BCUT2D eigenvalue weighted by Gasteiger charge is 2.19. The Bertz CT molecular complexity index is 591.